The Balaban J connectivity index is 2.00. The molecule has 1 aliphatic rings. The van der Waals surface area contributed by atoms with Gasteiger partial charge in [-0.3, -0.25) is 14.9 Å². The predicted octanol–water partition coefficient (Wildman–Crippen LogP) is 1.87. The van der Waals surface area contributed by atoms with E-state index in [2.05, 4.69) is 0 Å². The Morgan fingerprint density at radius 3 is 2.67 bits per heavy atom. The van der Waals surface area contributed by atoms with Gasteiger partial charge in [0.05, 0.1) is 11.3 Å². The summed E-state index contributed by atoms with van der Waals surface area (Å²) in [4.78, 5) is 24.5. The highest BCUT2D eigenvalue weighted by Gasteiger charge is 2.25. The third kappa shape index (κ3) is 4.01. The van der Waals surface area contributed by atoms with Crippen LogP contribution >= 0.6 is 0 Å². The Morgan fingerprint density at radius 1 is 1.33 bits per heavy atom. The first kappa shape index (κ1) is 15.4. The third-order valence-corrected chi connectivity index (χ3v) is 3.95. The summed E-state index contributed by atoms with van der Waals surface area (Å²) in [6.45, 7) is 1.38. The molecule has 0 radical (unpaired) electrons. The molecule has 1 aliphatic heterocycles. The summed E-state index contributed by atoms with van der Waals surface area (Å²) in [5.74, 6) is 0.0852. The monoisotopic (exact) mass is 291 g/mol. The Hall–Kier alpha value is -1.95. The molecule has 2 rings (SSSR count). The van der Waals surface area contributed by atoms with Crippen molar-refractivity contribution in [1.82, 2.24) is 4.90 Å². The van der Waals surface area contributed by atoms with Crippen LogP contribution < -0.4 is 5.73 Å². The smallest absolute Gasteiger partial charge is 0.269 e. The van der Waals surface area contributed by atoms with Gasteiger partial charge in [-0.15, -0.1) is 0 Å². The molecular formula is C15H21N3O3. The molecule has 0 bridgehead atoms. The van der Waals surface area contributed by atoms with Gasteiger partial charge in [0.2, 0.25) is 5.91 Å². The van der Waals surface area contributed by atoms with Crippen molar-refractivity contribution in [3.05, 3.63) is 39.9 Å². The third-order valence-electron chi connectivity index (χ3n) is 3.95. The molecule has 21 heavy (non-hydrogen) atoms. The molecule has 114 valence electrons. The van der Waals surface area contributed by atoms with E-state index in [0.717, 1.165) is 37.8 Å². The van der Waals surface area contributed by atoms with Gasteiger partial charge in [-0.25, -0.2) is 0 Å². The second kappa shape index (κ2) is 7.17. The van der Waals surface area contributed by atoms with Gasteiger partial charge < -0.3 is 10.6 Å². The van der Waals surface area contributed by atoms with E-state index in [1.54, 1.807) is 12.1 Å². The number of piperidine rings is 1. The molecule has 0 aliphatic carbocycles. The Labute approximate surface area is 124 Å². The second-order valence-corrected chi connectivity index (χ2v) is 5.41. The number of hydrogen-bond acceptors (Lipinski definition) is 4. The molecule has 6 nitrogen and oxygen atoms in total. The van der Waals surface area contributed by atoms with Crippen LogP contribution in [0.1, 0.15) is 31.2 Å². The molecule has 0 spiro atoms. The Bertz CT molecular complexity index is 499. The highest BCUT2D eigenvalue weighted by atomic mass is 16.6. The number of nitrogens with two attached hydrogens (primary N) is 1. The number of hydrogen-bond donors (Lipinski definition) is 1. The van der Waals surface area contributed by atoms with Crippen LogP contribution in [0.4, 0.5) is 5.69 Å². The van der Waals surface area contributed by atoms with Gasteiger partial charge in [-0.1, -0.05) is 12.1 Å². The van der Waals surface area contributed by atoms with Crippen LogP contribution in [0.3, 0.4) is 0 Å². The summed E-state index contributed by atoms with van der Waals surface area (Å²) in [7, 11) is 0. The van der Waals surface area contributed by atoms with Crippen molar-refractivity contribution in [2.75, 3.05) is 13.1 Å². The van der Waals surface area contributed by atoms with Crippen LogP contribution in [0.25, 0.3) is 0 Å². The van der Waals surface area contributed by atoms with Gasteiger partial charge in [-0.2, -0.15) is 0 Å². The molecule has 1 fully saturated rings. The van der Waals surface area contributed by atoms with E-state index in [9.17, 15) is 14.9 Å². The van der Waals surface area contributed by atoms with E-state index in [4.69, 9.17) is 5.73 Å². The van der Waals surface area contributed by atoms with E-state index in [0.29, 0.717) is 13.0 Å². The quantitative estimate of drug-likeness (QED) is 0.662. The standard InChI is InChI=1S/C15H21N3O3/c16-9-8-13-3-1-2-10-17(13)15(19)11-12-4-6-14(7-5-12)18(20)21/h4-7,13H,1-3,8-11,16H2. The summed E-state index contributed by atoms with van der Waals surface area (Å²) in [6.07, 6.45) is 4.33. The number of carbonyl (C=O) groups excluding carboxylic acids is 1. The zero-order valence-corrected chi connectivity index (χ0v) is 12.0. The first-order chi connectivity index (χ1) is 10.1. The van der Waals surface area contributed by atoms with Gasteiger partial charge in [0.25, 0.3) is 5.69 Å². The van der Waals surface area contributed by atoms with Gasteiger partial charge in [0, 0.05) is 24.7 Å². The fourth-order valence-electron chi connectivity index (χ4n) is 2.83. The van der Waals surface area contributed by atoms with E-state index >= 15 is 0 Å². The van der Waals surface area contributed by atoms with Crippen molar-refractivity contribution >= 4 is 11.6 Å². The van der Waals surface area contributed by atoms with Crippen LogP contribution in [0.2, 0.25) is 0 Å². The van der Waals surface area contributed by atoms with Crippen molar-refractivity contribution < 1.29 is 9.72 Å². The maximum absolute atomic E-state index is 12.4. The van der Waals surface area contributed by atoms with Crippen molar-refractivity contribution in [3.63, 3.8) is 0 Å². The van der Waals surface area contributed by atoms with Gasteiger partial charge in [0.15, 0.2) is 0 Å². The molecule has 0 saturated carbocycles. The van der Waals surface area contributed by atoms with E-state index in [-0.39, 0.29) is 17.6 Å². The molecule has 0 aromatic heterocycles. The number of carbonyl (C=O) groups is 1. The predicted molar refractivity (Wildman–Crippen MR) is 79.8 cm³/mol. The topological polar surface area (TPSA) is 89.5 Å². The van der Waals surface area contributed by atoms with Crippen LogP contribution in [0.5, 0.6) is 0 Å². The summed E-state index contributed by atoms with van der Waals surface area (Å²) >= 11 is 0. The minimum atomic E-state index is -0.437. The highest BCUT2D eigenvalue weighted by Crippen LogP contribution is 2.21. The minimum Gasteiger partial charge on any atom is -0.339 e. The van der Waals surface area contributed by atoms with Crippen LogP contribution in [-0.4, -0.2) is 34.9 Å². The average molecular weight is 291 g/mol. The number of amides is 1. The number of nitro groups is 1. The first-order valence-corrected chi connectivity index (χ1v) is 7.34. The largest absolute Gasteiger partial charge is 0.339 e. The van der Waals surface area contributed by atoms with Crippen molar-refractivity contribution in [3.8, 4) is 0 Å². The number of nitro benzene ring substituents is 1. The van der Waals surface area contributed by atoms with E-state index in [1.807, 2.05) is 4.90 Å². The van der Waals surface area contributed by atoms with E-state index in [1.165, 1.54) is 12.1 Å². The van der Waals surface area contributed by atoms with Crippen molar-refractivity contribution in [2.45, 2.75) is 38.1 Å². The summed E-state index contributed by atoms with van der Waals surface area (Å²) in [5.41, 5.74) is 6.47. The fourth-order valence-corrected chi connectivity index (χ4v) is 2.83. The maximum Gasteiger partial charge on any atom is 0.269 e. The molecule has 1 aromatic carbocycles. The molecule has 6 heteroatoms. The fraction of sp³-hybridized carbons (Fsp3) is 0.533. The van der Waals surface area contributed by atoms with Crippen molar-refractivity contribution in [1.29, 1.82) is 0 Å². The van der Waals surface area contributed by atoms with Crippen molar-refractivity contribution in [2.24, 2.45) is 5.73 Å². The van der Waals surface area contributed by atoms with Crippen LogP contribution in [0.15, 0.2) is 24.3 Å². The molecule has 1 unspecified atom stereocenters. The highest BCUT2D eigenvalue weighted by molar-refractivity contribution is 5.79. The Kier molecular flexibility index (Phi) is 5.27. The minimum absolute atomic E-state index is 0.0465. The lowest BCUT2D eigenvalue weighted by molar-refractivity contribution is -0.384. The normalized spacial score (nSPS) is 18.5. The molecule has 1 aromatic rings. The van der Waals surface area contributed by atoms with Crippen LogP contribution in [-0.2, 0) is 11.2 Å². The SMILES string of the molecule is NCCC1CCCCN1C(=O)Cc1ccc([N+](=O)[O-])cc1. The average Bonchev–Trinajstić information content (AvgIpc) is 2.48. The van der Waals surface area contributed by atoms with Gasteiger partial charge in [0.1, 0.15) is 0 Å². The number of rotatable bonds is 5. The number of nitrogens with zero attached hydrogens (tertiary/aromatic N) is 2. The van der Waals surface area contributed by atoms with Crippen LogP contribution in [0, 0.1) is 10.1 Å². The molecule has 2 N–H and O–H groups in total. The van der Waals surface area contributed by atoms with E-state index < -0.39 is 4.92 Å². The maximum atomic E-state index is 12.4. The number of likely N-dealkylation sites (tertiary alicyclic amines) is 1. The Morgan fingerprint density at radius 2 is 2.05 bits per heavy atom. The van der Waals surface area contributed by atoms with Gasteiger partial charge in [-0.05, 0) is 37.8 Å². The lowest BCUT2D eigenvalue weighted by Gasteiger charge is -2.35. The lowest BCUT2D eigenvalue weighted by Crippen LogP contribution is -2.45. The summed E-state index contributed by atoms with van der Waals surface area (Å²) < 4.78 is 0. The molecule has 1 saturated heterocycles. The molecule has 1 heterocycles. The zero-order valence-electron chi connectivity index (χ0n) is 12.0. The lowest BCUT2D eigenvalue weighted by atomic mass is 9.98. The zero-order chi connectivity index (χ0) is 15.2. The number of benzene rings is 1. The van der Waals surface area contributed by atoms with Gasteiger partial charge >= 0.3 is 0 Å². The molecular weight excluding hydrogens is 270 g/mol. The summed E-state index contributed by atoms with van der Waals surface area (Å²) in [6, 6.07) is 6.43. The molecule has 1 atom stereocenters. The number of non-ortho nitro benzene ring substituents is 1. The first-order valence-electron chi connectivity index (χ1n) is 7.34. The molecule has 1 amide bonds. The summed E-state index contributed by atoms with van der Waals surface area (Å²) in [5, 5.41) is 10.6. The second-order valence-electron chi connectivity index (χ2n) is 5.41.